The molecular formula is C15H8F5N3O2S. The number of fused-ring (bicyclic) bond motifs is 1. The van der Waals surface area contributed by atoms with Gasteiger partial charge in [0.15, 0.2) is 5.13 Å². The molecule has 0 bridgehead atoms. The average molecular weight is 389 g/mol. The van der Waals surface area contributed by atoms with Crippen LogP contribution in [0.25, 0.3) is 10.9 Å². The maximum atomic E-state index is 13.4. The fraction of sp³-hybridized carbons (Fsp3) is 0.133. The number of carbonyl (C=O) groups is 1. The van der Waals surface area contributed by atoms with Gasteiger partial charge in [-0.3, -0.25) is 14.9 Å². The minimum atomic E-state index is -4.87. The Labute approximate surface area is 145 Å². The number of alkyl halides is 5. The second-order valence-electron chi connectivity index (χ2n) is 5.06. The maximum Gasteiger partial charge on any atom is 0.418 e. The molecule has 26 heavy (non-hydrogen) atoms. The van der Waals surface area contributed by atoms with Crippen LogP contribution in [-0.4, -0.2) is 15.9 Å². The summed E-state index contributed by atoms with van der Waals surface area (Å²) in [5.41, 5.74) is -5.45. The third-order valence-electron chi connectivity index (χ3n) is 3.47. The number of carbonyl (C=O) groups excluding carboxylic acids is 1. The van der Waals surface area contributed by atoms with E-state index in [2.05, 4.69) is 10.3 Å². The molecule has 136 valence electrons. The van der Waals surface area contributed by atoms with Gasteiger partial charge in [0.1, 0.15) is 5.56 Å². The van der Waals surface area contributed by atoms with Crippen molar-refractivity contribution >= 4 is 33.3 Å². The molecular weight excluding hydrogens is 381 g/mol. The highest BCUT2D eigenvalue weighted by molar-refractivity contribution is 7.13. The van der Waals surface area contributed by atoms with Gasteiger partial charge in [0.25, 0.3) is 12.3 Å². The van der Waals surface area contributed by atoms with Gasteiger partial charge in [0, 0.05) is 17.0 Å². The number of aromatic nitrogens is 2. The number of halogens is 5. The summed E-state index contributed by atoms with van der Waals surface area (Å²) < 4.78 is 66.0. The Balaban J connectivity index is 2.26. The summed E-state index contributed by atoms with van der Waals surface area (Å²) in [6.07, 6.45) is -6.90. The second kappa shape index (κ2) is 6.48. The van der Waals surface area contributed by atoms with E-state index in [1.54, 1.807) is 0 Å². The first kappa shape index (κ1) is 18.0. The highest BCUT2D eigenvalue weighted by atomic mass is 32.1. The van der Waals surface area contributed by atoms with Crippen molar-refractivity contribution in [3.05, 3.63) is 56.8 Å². The molecule has 2 aromatic heterocycles. The molecule has 2 heterocycles. The van der Waals surface area contributed by atoms with Crippen LogP contribution in [0.15, 0.2) is 34.6 Å². The average Bonchev–Trinajstić information content (AvgIpc) is 3.05. The van der Waals surface area contributed by atoms with E-state index in [4.69, 9.17) is 0 Å². The van der Waals surface area contributed by atoms with Crippen molar-refractivity contribution in [1.29, 1.82) is 0 Å². The molecule has 0 aliphatic carbocycles. The minimum Gasteiger partial charge on any atom is -0.352 e. The molecule has 1 amide bonds. The number of para-hydroxylation sites is 1. The van der Waals surface area contributed by atoms with Crippen LogP contribution in [0, 0.1) is 0 Å². The van der Waals surface area contributed by atoms with Crippen LogP contribution in [0.2, 0.25) is 0 Å². The molecule has 0 unspecified atom stereocenters. The van der Waals surface area contributed by atoms with Gasteiger partial charge in [-0.05, 0) is 12.1 Å². The standard InChI is InChI=1S/C15H8F5N3O2S/c16-12(17)10-8(13(25)23-14-21-4-5-26-14)11(24)6-2-1-3-7(9(6)22-10)15(18,19)20/h1-5,12H,(H,22,24)(H,21,23,25). The molecule has 1 aromatic carbocycles. The number of H-pyrrole nitrogens is 1. The van der Waals surface area contributed by atoms with Crippen molar-refractivity contribution in [1.82, 2.24) is 9.97 Å². The predicted molar refractivity (Wildman–Crippen MR) is 84.6 cm³/mol. The highest BCUT2D eigenvalue weighted by Crippen LogP contribution is 2.34. The molecule has 0 spiro atoms. The number of amides is 1. The summed E-state index contributed by atoms with van der Waals surface area (Å²) in [5.74, 6) is -1.18. The van der Waals surface area contributed by atoms with E-state index in [1.807, 2.05) is 4.98 Å². The Morgan fingerprint density at radius 3 is 2.58 bits per heavy atom. The SMILES string of the molecule is O=C(Nc1nccs1)c1c(C(F)F)[nH]c2c(C(F)(F)F)cccc2c1=O. The molecule has 0 radical (unpaired) electrons. The lowest BCUT2D eigenvalue weighted by Crippen LogP contribution is -2.26. The number of aromatic amines is 1. The van der Waals surface area contributed by atoms with Gasteiger partial charge in [0.05, 0.1) is 16.8 Å². The van der Waals surface area contributed by atoms with Crippen molar-refractivity contribution in [2.24, 2.45) is 0 Å². The van der Waals surface area contributed by atoms with E-state index in [1.165, 1.54) is 11.6 Å². The monoisotopic (exact) mass is 389 g/mol. The third kappa shape index (κ3) is 3.17. The van der Waals surface area contributed by atoms with Gasteiger partial charge in [-0.15, -0.1) is 11.3 Å². The van der Waals surface area contributed by atoms with Crippen LogP contribution in [0.3, 0.4) is 0 Å². The summed E-state index contributed by atoms with van der Waals surface area (Å²) in [6.45, 7) is 0. The molecule has 5 nitrogen and oxygen atoms in total. The largest absolute Gasteiger partial charge is 0.418 e. The zero-order chi connectivity index (χ0) is 19.1. The van der Waals surface area contributed by atoms with Crippen LogP contribution >= 0.6 is 11.3 Å². The van der Waals surface area contributed by atoms with Crippen molar-refractivity contribution in [3.8, 4) is 0 Å². The molecule has 0 fully saturated rings. The summed E-state index contributed by atoms with van der Waals surface area (Å²) in [5, 5.41) is 3.22. The lowest BCUT2D eigenvalue weighted by Gasteiger charge is -2.14. The van der Waals surface area contributed by atoms with E-state index in [0.717, 1.165) is 23.5 Å². The Hall–Kier alpha value is -2.82. The van der Waals surface area contributed by atoms with Crippen LogP contribution in [0.5, 0.6) is 0 Å². The van der Waals surface area contributed by atoms with Gasteiger partial charge >= 0.3 is 6.18 Å². The summed E-state index contributed by atoms with van der Waals surface area (Å²) in [6, 6.07) is 2.65. The molecule has 0 aliphatic rings. The minimum absolute atomic E-state index is 0.0544. The number of benzene rings is 1. The molecule has 3 aromatic rings. The molecule has 0 aliphatic heterocycles. The van der Waals surface area contributed by atoms with E-state index in [-0.39, 0.29) is 5.13 Å². The number of thiazole rings is 1. The fourth-order valence-electron chi connectivity index (χ4n) is 2.40. The van der Waals surface area contributed by atoms with Crippen LogP contribution in [0.1, 0.15) is 28.0 Å². The third-order valence-corrected chi connectivity index (χ3v) is 4.16. The van der Waals surface area contributed by atoms with Crippen molar-refractivity contribution < 1.29 is 26.7 Å². The first-order valence-corrected chi connectivity index (χ1v) is 7.83. The first-order chi connectivity index (χ1) is 12.2. The van der Waals surface area contributed by atoms with Gasteiger partial charge in [0.2, 0.25) is 5.43 Å². The second-order valence-corrected chi connectivity index (χ2v) is 5.96. The van der Waals surface area contributed by atoms with Gasteiger partial charge in [-0.2, -0.15) is 13.2 Å². The Bertz CT molecular complexity index is 1030. The maximum absolute atomic E-state index is 13.4. The van der Waals surface area contributed by atoms with E-state index in [9.17, 15) is 31.5 Å². The van der Waals surface area contributed by atoms with Crippen molar-refractivity contribution in [3.63, 3.8) is 0 Å². The topological polar surface area (TPSA) is 74.8 Å². The highest BCUT2D eigenvalue weighted by Gasteiger charge is 2.35. The van der Waals surface area contributed by atoms with Gasteiger partial charge < -0.3 is 4.98 Å². The van der Waals surface area contributed by atoms with Crippen LogP contribution in [-0.2, 0) is 6.18 Å². The zero-order valence-electron chi connectivity index (χ0n) is 12.5. The molecule has 11 heteroatoms. The zero-order valence-corrected chi connectivity index (χ0v) is 13.3. The Morgan fingerprint density at radius 2 is 2.00 bits per heavy atom. The summed E-state index contributed by atoms with van der Waals surface area (Å²) >= 11 is 0.984. The lowest BCUT2D eigenvalue weighted by molar-refractivity contribution is -0.136. The van der Waals surface area contributed by atoms with E-state index in [0.29, 0.717) is 6.07 Å². The number of anilines is 1. The number of hydrogen-bond donors (Lipinski definition) is 2. The molecule has 2 N–H and O–H groups in total. The molecule has 0 saturated heterocycles. The molecule has 0 atom stereocenters. The van der Waals surface area contributed by atoms with Gasteiger partial charge in [-0.25, -0.2) is 13.8 Å². The Morgan fingerprint density at radius 1 is 1.27 bits per heavy atom. The molecule has 0 saturated carbocycles. The number of pyridine rings is 1. The smallest absolute Gasteiger partial charge is 0.352 e. The van der Waals surface area contributed by atoms with Gasteiger partial charge in [-0.1, -0.05) is 6.07 Å². The number of hydrogen-bond acceptors (Lipinski definition) is 4. The van der Waals surface area contributed by atoms with Crippen molar-refractivity contribution in [2.75, 3.05) is 5.32 Å². The molecule has 3 rings (SSSR count). The normalized spacial score (nSPS) is 11.9. The van der Waals surface area contributed by atoms with E-state index < -0.39 is 51.7 Å². The van der Waals surface area contributed by atoms with Crippen LogP contribution in [0.4, 0.5) is 27.1 Å². The number of nitrogens with zero attached hydrogens (tertiary/aromatic N) is 1. The quantitative estimate of drug-likeness (QED) is 0.660. The Kier molecular flexibility index (Phi) is 4.48. The van der Waals surface area contributed by atoms with Crippen LogP contribution < -0.4 is 10.7 Å². The number of rotatable bonds is 3. The summed E-state index contributed by atoms with van der Waals surface area (Å²) in [7, 11) is 0. The van der Waals surface area contributed by atoms with E-state index >= 15 is 0 Å². The fourth-order valence-corrected chi connectivity index (χ4v) is 2.92. The summed E-state index contributed by atoms with van der Waals surface area (Å²) in [4.78, 5) is 30.4. The predicted octanol–water partition coefficient (Wildman–Crippen LogP) is 4.19. The van der Waals surface area contributed by atoms with Crippen molar-refractivity contribution in [2.45, 2.75) is 12.6 Å². The first-order valence-electron chi connectivity index (χ1n) is 6.95. The number of nitrogens with one attached hydrogen (secondary N) is 2. The lowest BCUT2D eigenvalue weighted by atomic mass is 10.0.